The second kappa shape index (κ2) is 5.40. The average Bonchev–Trinajstić information content (AvgIpc) is 2.40. The lowest BCUT2D eigenvalue weighted by Crippen LogP contribution is -2.53. The van der Waals surface area contributed by atoms with Crippen molar-refractivity contribution in [1.82, 2.24) is 0 Å². The van der Waals surface area contributed by atoms with E-state index in [0.29, 0.717) is 5.04 Å². The van der Waals surface area contributed by atoms with Crippen molar-refractivity contribution in [1.29, 1.82) is 0 Å². The predicted molar refractivity (Wildman–Crippen MR) is 104 cm³/mol. The van der Waals surface area contributed by atoms with Crippen molar-refractivity contribution in [3.05, 3.63) is 22.8 Å². The Morgan fingerprint density at radius 1 is 0.900 bits per heavy atom. The average molecular weight is 325 g/mol. The molecule has 1 aliphatic rings. The highest BCUT2D eigenvalue weighted by Crippen LogP contribution is 2.62. The molecule has 0 amide bonds. The Morgan fingerprint density at radius 2 is 1.30 bits per heavy atom. The number of hydrogen-bond donors (Lipinski definition) is 0. The molecule has 0 radical (unpaired) electrons. The van der Waals surface area contributed by atoms with Crippen LogP contribution >= 0.6 is 0 Å². The molecular formula is C17H36Si3. The molecule has 0 aromatic carbocycles. The molecule has 20 heavy (non-hydrogen) atoms. The van der Waals surface area contributed by atoms with E-state index in [2.05, 4.69) is 79.2 Å². The maximum absolute atomic E-state index is 2.72. The second-order valence-corrected chi connectivity index (χ2v) is 23.8. The summed E-state index contributed by atoms with van der Waals surface area (Å²) < 4.78 is 0. The van der Waals surface area contributed by atoms with Crippen molar-refractivity contribution >= 4 is 24.9 Å². The van der Waals surface area contributed by atoms with E-state index in [0.717, 1.165) is 5.16 Å². The van der Waals surface area contributed by atoms with Crippen molar-refractivity contribution in [2.75, 3.05) is 0 Å². The largest absolute Gasteiger partial charge is 0.0745 e. The van der Waals surface area contributed by atoms with Gasteiger partial charge in [0.1, 0.15) is 0 Å². The van der Waals surface area contributed by atoms with Gasteiger partial charge in [0, 0.05) is 24.9 Å². The van der Waals surface area contributed by atoms with Gasteiger partial charge < -0.3 is 0 Å². The van der Waals surface area contributed by atoms with Crippen LogP contribution < -0.4 is 0 Å². The highest BCUT2D eigenvalue weighted by Gasteiger charge is 2.54. The van der Waals surface area contributed by atoms with E-state index >= 15 is 0 Å². The minimum absolute atomic E-state index is 0.461. The molecule has 1 rings (SSSR count). The molecule has 0 bridgehead atoms. The van der Waals surface area contributed by atoms with Gasteiger partial charge in [-0.25, -0.2) is 0 Å². The van der Waals surface area contributed by atoms with Crippen LogP contribution in [0, 0.1) is 0 Å². The summed E-state index contributed by atoms with van der Waals surface area (Å²) in [5.74, 6) is 0. The van der Waals surface area contributed by atoms with Crippen LogP contribution in [0.25, 0.3) is 0 Å². The number of allylic oxidation sites excluding steroid dienone is 4. The Bertz CT molecular complexity index is 430. The summed E-state index contributed by atoms with van der Waals surface area (Å²) in [6.45, 7) is 28.0. The fraction of sp³-hybridized carbons (Fsp3) is 0.765. The summed E-state index contributed by atoms with van der Waals surface area (Å²) in [5.41, 5.74) is 4.88. The van der Waals surface area contributed by atoms with E-state index in [1.807, 2.05) is 0 Å². The minimum atomic E-state index is -1.21. The zero-order chi connectivity index (χ0) is 16.1. The van der Waals surface area contributed by atoms with E-state index in [1.165, 1.54) is 0 Å². The van der Waals surface area contributed by atoms with Crippen LogP contribution in [0.2, 0.25) is 62.6 Å². The Kier molecular flexibility index (Phi) is 4.91. The highest BCUT2D eigenvalue weighted by atomic mass is 28.4. The molecule has 0 N–H and O–H groups in total. The molecule has 1 atom stereocenters. The molecule has 0 aromatic heterocycles. The monoisotopic (exact) mass is 324 g/mol. The van der Waals surface area contributed by atoms with Crippen LogP contribution in [0.3, 0.4) is 0 Å². The van der Waals surface area contributed by atoms with Crippen LogP contribution in [0.15, 0.2) is 22.8 Å². The summed E-state index contributed by atoms with van der Waals surface area (Å²) in [6.07, 6.45) is 2.72. The summed E-state index contributed by atoms with van der Waals surface area (Å²) >= 11 is 0. The molecule has 0 aromatic rings. The van der Waals surface area contributed by atoms with Gasteiger partial charge in [0.2, 0.25) is 0 Å². The zero-order valence-electron chi connectivity index (χ0n) is 15.7. The lowest BCUT2D eigenvalue weighted by atomic mass is 10.0. The number of rotatable bonds is 4. The molecule has 0 nitrogen and oxygen atoms in total. The first-order chi connectivity index (χ1) is 8.76. The zero-order valence-corrected chi connectivity index (χ0v) is 18.9. The van der Waals surface area contributed by atoms with Crippen molar-refractivity contribution in [2.45, 2.75) is 83.4 Å². The van der Waals surface area contributed by atoms with Gasteiger partial charge >= 0.3 is 0 Å². The first-order valence-corrected chi connectivity index (χ1v) is 18.2. The third-order valence-corrected chi connectivity index (χ3v) is 18.5. The predicted octanol–water partition coefficient (Wildman–Crippen LogP) is 6.10. The SMILES string of the molecule is CC1=CC(C([Si](C)(C)C)[Si](C)(C)C)([SiH](C)C)C(C)=C1C. The molecule has 0 saturated heterocycles. The third-order valence-electron chi connectivity index (χ3n) is 5.42. The fourth-order valence-corrected chi connectivity index (χ4v) is 26.4. The lowest BCUT2D eigenvalue weighted by molar-refractivity contribution is 0.787. The Morgan fingerprint density at radius 3 is 1.50 bits per heavy atom. The molecule has 1 unspecified atom stereocenters. The van der Waals surface area contributed by atoms with E-state index in [4.69, 9.17) is 0 Å². The fourth-order valence-electron chi connectivity index (χ4n) is 5.16. The molecule has 0 aliphatic heterocycles. The summed E-state index contributed by atoms with van der Waals surface area (Å²) in [7, 11) is -3.23. The van der Waals surface area contributed by atoms with Crippen LogP contribution in [-0.2, 0) is 0 Å². The number of hydrogen-bond acceptors (Lipinski definition) is 0. The summed E-state index contributed by atoms with van der Waals surface area (Å²) in [6, 6.07) is 0. The van der Waals surface area contributed by atoms with E-state index in [9.17, 15) is 0 Å². The smallest absolute Gasteiger partial charge is 0.0467 e. The quantitative estimate of drug-likeness (QED) is 0.548. The molecule has 1 aliphatic carbocycles. The molecular weight excluding hydrogens is 288 g/mol. The van der Waals surface area contributed by atoms with Gasteiger partial charge in [-0.1, -0.05) is 69.6 Å². The molecule has 0 heterocycles. The van der Waals surface area contributed by atoms with Gasteiger partial charge in [-0.3, -0.25) is 0 Å². The van der Waals surface area contributed by atoms with E-state index < -0.39 is 24.9 Å². The van der Waals surface area contributed by atoms with Gasteiger partial charge in [0.25, 0.3) is 0 Å². The maximum Gasteiger partial charge on any atom is 0.0467 e. The van der Waals surface area contributed by atoms with Crippen molar-refractivity contribution in [2.24, 2.45) is 0 Å². The maximum atomic E-state index is 2.72. The van der Waals surface area contributed by atoms with Crippen molar-refractivity contribution in [3.63, 3.8) is 0 Å². The molecule has 3 heteroatoms. The van der Waals surface area contributed by atoms with Crippen molar-refractivity contribution < 1.29 is 0 Å². The Hall–Kier alpha value is 0.131. The molecule has 0 spiro atoms. The standard InChI is InChI=1S/C17H36Si3/c1-13-12-17(18(4)5,15(3)14(13)2)16(19(6,7)8)20(9,10)11/h12,16,18H,1-11H3. The minimum Gasteiger partial charge on any atom is -0.0745 e. The lowest BCUT2D eigenvalue weighted by Gasteiger charge is -2.53. The van der Waals surface area contributed by atoms with E-state index in [1.54, 1.807) is 16.7 Å². The first-order valence-electron chi connectivity index (χ1n) is 8.14. The normalized spacial score (nSPS) is 24.9. The van der Waals surface area contributed by atoms with Gasteiger partial charge in [-0.2, -0.15) is 0 Å². The molecule has 116 valence electrons. The van der Waals surface area contributed by atoms with Crippen LogP contribution in [0.1, 0.15) is 20.8 Å². The molecule has 0 saturated carbocycles. The van der Waals surface area contributed by atoms with Crippen LogP contribution in [0.4, 0.5) is 0 Å². The topological polar surface area (TPSA) is 0 Å². The van der Waals surface area contributed by atoms with Crippen LogP contribution in [-0.4, -0.2) is 24.9 Å². The Labute approximate surface area is 131 Å². The van der Waals surface area contributed by atoms with Gasteiger partial charge in [-0.05, 0) is 36.5 Å². The van der Waals surface area contributed by atoms with Gasteiger partial charge in [-0.15, -0.1) is 0 Å². The van der Waals surface area contributed by atoms with Crippen LogP contribution in [0.5, 0.6) is 0 Å². The van der Waals surface area contributed by atoms with E-state index in [-0.39, 0.29) is 0 Å². The second-order valence-electron chi connectivity index (χ2n) is 9.33. The highest BCUT2D eigenvalue weighted by molar-refractivity contribution is 6.98. The van der Waals surface area contributed by atoms with Gasteiger partial charge in [0.15, 0.2) is 0 Å². The molecule has 0 fully saturated rings. The third kappa shape index (κ3) is 2.86. The van der Waals surface area contributed by atoms with Crippen molar-refractivity contribution in [3.8, 4) is 0 Å². The first kappa shape index (κ1) is 18.2. The Balaban J connectivity index is 3.65. The summed E-state index contributed by atoms with van der Waals surface area (Å²) in [5, 5.41) is 1.42. The van der Waals surface area contributed by atoms with Gasteiger partial charge in [0.05, 0.1) is 0 Å². The summed E-state index contributed by atoms with van der Waals surface area (Å²) in [4.78, 5) is 0.